The van der Waals surface area contributed by atoms with Crippen LogP contribution >= 0.6 is 0 Å². The minimum absolute atomic E-state index is 0.330. The average Bonchev–Trinajstić information content (AvgIpc) is 2.46. The Kier molecular flexibility index (Phi) is 5.64. The van der Waals surface area contributed by atoms with E-state index < -0.39 is 0 Å². The lowest BCUT2D eigenvalue weighted by Crippen LogP contribution is -2.47. The number of nitrogens with two attached hydrogens (primary N) is 1. The molecule has 4 heteroatoms. The van der Waals surface area contributed by atoms with Crippen molar-refractivity contribution in [1.29, 1.82) is 0 Å². The van der Waals surface area contributed by atoms with Crippen LogP contribution in [0.5, 0.6) is 0 Å². The van der Waals surface area contributed by atoms with Crippen molar-refractivity contribution >= 4 is 5.91 Å². The number of hydrogen-bond acceptors (Lipinski definition) is 3. The second-order valence-corrected chi connectivity index (χ2v) is 6.07. The molecular formula is C15H29N3O. The summed E-state index contributed by atoms with van der Waals surface area (Å²) in [7, 11) is 0. The van der Waals surface area contributed by atoms with Gasteiger partial charge in [-0.25, -0.2) is 0 Å². The molecule has 1 aliphatic carbocycles. The van der Waals surface area contributed by atoms with Crippen LogP contribution in [0.2, 0.25) is 0 Å². The van der Waals surface area contributed by atoms with E-state index in [1.54, 1.807) is 0 Å². The zero-order chi connectivity index (χ0) is 13.7. The molecule has 0 aromatic heterocycles. The normalized spacial score (nSPS) is 28.7. The Labute approximate surface area is 117 Å². The minimum Gasteiger partial charge on any atom is -0.342 e. The molecular weight excluding hydrogens is 238 g/mol. The largest absolute Gasteiger partial charge is 0.342 e. The van der Waals surface area contributed by atoms with Gasteiger partial charge in [0.05, 0.1) is 6.54 Å². The minimum atomic E-state index is 0.330. The van der Waals surface area contributed by atoms with Gasteiger partial charge >= 0.3 is 0 Å². The van der Waals surface area contributed by atoms with Gasteiger partial charge in [0.2, 0.25) is 5.91 Å². The highest BCUT2D eigenvalue weighted by Crippen LogP contribution is 2.22. The second-order valence-electron chi connectivity index (χ2n) is 6.07. The van der Waals surface area contributed by atoms with Gasteiger partial charge < -0.3 is 10.6 Å². The summed E-state index contributed by atoms with van der Waals surface area (Å²) in [6.07, 6.45) is 8.16. The van der Waals surface area contributed by atoms with Crippen molar-refractivity contribution in [2.45, 2.75) is 64.0 Å². The molecule has 0 aromatic rings. The number of hydrogen-bond donors (Lipinski definition) is 1. The molecule has 19 heavy (non-hydrogen) atoms. The van der Waals surface area contributed by atoms with Gasteiger partial charge in [-0.05, 0) is 51.5 Å². The predicted molar refractivity (Wildman–Crippen MR) is 77.9 cm³/mol. The molecule has 0 spiro atoms. The Morgan fingerprint density at radius 2 is 1.79 bits per heavy atom. The summed E-state index contributed by atoms with van der Waals surface area (Å²) >= 11 is 0. The molecule has 110 valence electrons. The van der Waals surface area contributed by atoms with E-state index in [0.29, 0.717) is 24.5 Å². The smallest absolute Gasteiger partial charge is 0.236 e. The van der Waals surface area contributed by atoms with E-state index in [-0.39, 0.29) is 0 Å². The Balaban J connectivity index is 1.82. The van der Waals surface area contributed by atoms with Gasteiger partial charge in [-0.3, -0.25) is 9.69 Å². The third-order valence-electron chi connectivity index (χ3n) is 4.71. The maximum Gasteiger partial charge on any atom is 0.236 e. The van der Waals surface area contributed by atoms with Gasteiger partial charge in [0.15, 0.2) is 0 Å². The predicted octanol–water partition coefficient (Wildman–Crippen LogP) is 1.59. The van der Waals surface area contributed by atoms with Crippen LogP contribution in [0.3, 0.4) is 0 Å². The van der Waals surface area contributed by atoms with Crippen LogP contribution in [0.15, 0.2) is 0 Å². The lowest BCUT2D eigenvalue weighted by atomic mass is 9.90. The van der Waals surface area contributed by atoms with Gasteiger partial charge in [-0.2, -0.15) is 0 Å². The number of carbonyl (C=O) groups excluding carboxylic acids is 1. The topological polar surface area (TPSA) is 49.6 Å². The van der Waals surface area contributed by atoms with E-state index >= 15 is 0 Å². The molecule has 0 aromatic carbocycles. The Hall–Kier alpha value is -0.610. The highest BCUT2D eigenvalue weighted by atomic mass is 16.2. The van der Waals surface area contributed by atoms with Crippen LogP contribution in [0, 0.1) is 0 Å². The summed E-state index contributed by atoms with van der Waals surface area (Å²) in [6.45, 7) is 5.67. The van der Waals surface area contributed by atoms with Crippen LogP contribution in [-0.4, -0.2) is 54.0 Å². The van der Waals surface area contributed by atoms with Crippen molar-refractivity contribution in [2.24, 2.45) is 5.73 Å². The molecule has 4 nitrogen and oxygen atoms in total. The third-order valence-corrected chi connectivity index (χ3v) is 4.71. The number of nitrogens with zero attached hydrogens (tertiary/aromatic N) is 2. The van der Waals surface area contributed by atoms with Crippen molar-refractivity contribution in [3.8, 4) is 0 Å². The Bertz CT molecular complexity index is 281. The summed E-state index contributed by atoms with van der Waals surface area (Å²) in [5, 5.41) is 0. The van der Waals surface area contributed by atoms with Crippen LogP contribution in [-0.2, 0) is 4.79 Å². The summed E-state index contributed by atoms with van der Waals surface area (Å²) < 4.78 is 0. The van der Waals surface area contributed by atoms with Crippen LogP contribution < -0.4 is 5.73 Å². The number of likely N-dealkylation sites (N-methyl/N-ethyl adjacent to an activating group) is 1. The van der Waals surface area contributed by atoms with E-state index in [1.807, 2.05) is 0 Å². The van der Waals surface area contributed by atoms with E-state index in [1.165, 1.54) is 19.3 Å². The number of amides is 1. The molecule has 1 heterocycles. The monoisotopic (exact) mass is 267 g/mol. The molecule has 1 amide bonds. The average molecular weight is 267 g/mol. The van der Waals surface area contributed by atoms with Gasteiger partial charge in [-0.15, -0.1) is 0 Å². The molecule has 2 N–H and O–H groups in total. The SMILES string of the molecule is CCN(CC(=O)N1CCCCC1)C1CCC(N)CC1. The van der Waals surface area contributed by atoms with E-state index in [2.05, 4.69) is 16.7 Å². The van der Waals surface area contributed by atoms with E-state index in [9.17, 15) is 4.79 Å². The van der Waals surface area contributed by atoms with Crippen LogP contribution in [0.25, 0.3) is 0 Å². The molecule has 2 aliphatic rings. The zero-order valence-corrected chi connectivity index (χ0v) is 12.3. The van der Waals surface area contributed by atoms with Crippen LogP contribution in [0.4, 0.5) is 0 Å². The zero-order valence-electron chi connectivity index (χ0n) is 12.3. The van der Waals surface area contributed by atoms with Crippen molar-refractivity contribution in [2.75, 3.05) is 26.2 Å². The lowest BCUT2D eigenvalue weighted by molar-refractivity contribution is -0.134. The molecule has 1 saturated carbocycles. The number of piperidine rings is 1. The first-order valence-corrected chi connectivity index (χ1v) is 7.98. The van der Waals surface area contributed by atoms with Crippen molar-refractivity contribution in [3.63, 3.8) is 0 Å². The first kappa shape index (κ1) is 14.8. The van der Waals surface area contributed by atoms with Gasteiger partial charge in [0.25, 0.3) is 0 Å². The fraction of sp³-hybridized carbons (Fsp3) is 0.933. The molecule has 1 aliphatic heterocycles. The summed E-state index contributed by atoms with van der Waals surface area (Å²) in [6, 6.07) is 0.950. The maximum atomic E-state index is 12.3. The van der Waals surface area contributed by atoms with E-state index in [0.717, 1.165) is 45.3 Å². The molecule has 2 fully saturated rings. The van der Waals surface area contributed by atoms with Gasteiger partial charge in [0, 0.05) is 25.2 Å². The van der Waals surface area contributed by atoms with Gasteiger partial charge in [0.1, 0.15) is 0 Å². The molecule has 0 bridgehead atoms. The summed E-state index contributed by atoms with van der Waals surface area (Å²) in [5.74, 6) is 0.330. The highest BCUT2D eigenvalue weighted by Gasteiger charge is 2.26. The standard InChI is InChI=1S/C15H29N3O/c1-2-17(14-8-6-13(16)7-9-14)12-15(19)18-10-4-3-5-11-18/h13-14H,2-12,16H2,1H3. The fourth-order valence-corrected chi connectivity index (χ4v) is 3.38. The van der Waals surface area contributed by atoms with E-state index in [4.69, 9.17) is 5.73 Å². The first-order chi connectivity index (χ1) is 9.20. The second kappa shape index (κ2) is 7.25. The molecule has 1 saturated heterocycles. The number of likely N-dealkylation sites (tertiary alicyclic amines) is 1. The summed E-state index contributed by atoms with van der Waals surface area (Å²) in [4.78, 5) is 16.8. The molecule has 2 rings (SSSR count). The van der Waals surface area contributed by atoms with Crippen molar-refractivity contribution < 1.29 is 4.79 Å². The lowest BCUT2D eigenvalue weighted by Gasteiger charge is -2.36. The van der Waals surface area contributed by atoms with Gasteiger partial charge in [-0.1, -0.05) is 6.92 Å². The molecule has 0 unspecified atom stereocenters. The Morgan fingerprint density at radius 3 is 2.37 bits per heavy atom. The van der Waals surface area contributed by atoms with Crippen LogP contribution in [0.1, 0.15) is 51.9 Å². The van der Waals surface area contributed by atoms with Crippen molar-refractivity contribution in [1.82, 2.24) is 9.80 Å². The third kappa shape index (κ3) is 4.18. The Morgan fingerprint density at radius 1 is 1.16 bits per heavy atom. The maximum absolute atomic E-state index is 12.3. The van der Waals surface area contributed by atoms with Crippen molar-refractivity contribution in [3.05, 3.63) is 0 Å². The fourth-order valence-electron chi connectivity index (χ4n) is 3.38. The quantitative estimate of drug-likeness (QED) is 0.841. The summed E-state index contributed by atoms with van der Waals surface area (Å²) in [5.41, 5.74) is 5.96. The molecule has 0 radical (unpaired) electrons. The highest BCUT2D eigenvalue weighted by molar-refractivity contribution is 5.78. The number of carbonyl (C=O) groups is 1. The molecule has 0 atom stereocenters. The number of rotatable bonds is 4. The first-order valence-electron chi connectivity index (χ1n) is 7.98.